The third-order valence-electron chi connectivity index (χ3n) is 5.57. The second-order valence-electron chi connectivity index (χ2n) is 7.71. The van der Waals surface area contributed by atoms with Gasteiger partial charge in [-0.25, -0.2) is 4.39 Å². The molecule has 3 aromatic rings. The van der Waals surface area contributed by atoms with Crippen molar-refractivity contribution in [1.29, 1.82) is 0 Å². The van der Waals surface area contributed by atoms with E-state index in [0.29, 0.717) is 6.54 Å². The van der Waals surface area contributed by atoms with Crippen LogP contribution in [0, 0.1) is 5.82 Å². The van der Waals surface area contributed by atoms with E-state index < -0.39 is 0 Å². The van der Waals surface area contributed by atoms with E-state index in [1.54, 1.807) is 6.07 Å². The molecule has 2 aromatic carbocycles. The number of benzene rings is 2. The van der Waals surface area contributed by atoms with Gasteiger partial charge in [-0.05, 0) is 61.6 Å². The van der Waals surface area contributed by atoms with Gasteiger partial charge in [0.15, 0.2) is 0 Å². The van der Waals surface area contributed by atoms with Gasteiger partial charge in [0.2, 0.25) is 5.91 Å². The Labute approximate surface area is 178 Å². The maximum atomic E-state index is 13.4. The predicted octanol–water partition coefficient (Wildman–Crippen LogP) is 5.10. The number of nitrogens with one attached hydrogen (secondary N) is 1. The first kappa shape index (κ1) is 19.8. The average Bonchev–Trinajstić information content (AvgIpc) is 3.39. The van der Waals surface area contributed by atoms with Crippen molar-refractivity contribution in [2.24, 2.45) is 0 Å². The highest BCUT2D eigenvalue weighted by Crippen LogP contribution is 2.49. The number of hydrogen-bond donors (Lipinski definition) is 1. The van der Waals surface area contributed by atoms with Gasteiger partial charge in [0.1, 0.15) is 5.82 Å². The fourth-order valence-electron chi connectivity index (χ4n) is 3.80. The Hall–Kier alpha value is -2.47. The van der Waals surface area contributed by atoms with Gasteiger partial charge >= 0.3 is 0 Å². The molecule has 1 saturated carbocycles. The fraction of sp³-hybridized carbons (Fsp3) is 0.304. The predicted molar refractivity (Wildman–Crippen MR) is 115 cm³/mol. The number of rotatable bonds is 7. The monoisotopic (exact) mass is 455 g/mol. The Bertz CT molecular complexity index is 1030. The van der Waals surface area contributed by atoms with Crippen LogP contribution in [0.15, 0.2) is 59.1 Å². The first-order valence-corrected chi connectivity index (χ1v) is 10.6. The van der Waals surface area contributed by atoms with E-state index in [0.717, 1.165) is 52.7 Å². The molecule has 1 amide bonds. The Kier molecular flexibility index (Phi) is 5.54. The van der Waals surface area contributed by atoms with Crippen LogP contribution < -0.4 is 0 Å². The third kappa shape index (κ3) is 4.27. The fourth-order valence-corrected chi connectivity index (χ4v) is 4.20. The topological polar surface area (TPSA) is 49.0 Å². The lowest BCUT2D eigenvalue weighted by atomic mass is 9.94. The van der Waals surface area contributed by atoms with Gasteiger partial charge in [-0.3, -0.25) is 9.89 Å². The molecule has 1 heterocycles. The largest absolute Gasteiger partial charge is 0.345 e. The number of aryl methyl sites for hydroxylation is 1. The van der Waals surface area contributed by atoms with Gasteiger partial charge < -0.3 is 4.90 Å². The van der Waals surface area contributed by atoms with E-state index in [4.69, 9.17) is 0 Å². The molecule has 1 aliphatic carbocycles. The summed E-state index contributed by atoms with van der Waals surface area (Å²) in [4.78, 5) is 14.9. The molecular formula is C23H23BrFN3O. The van der Waals surface area contributed by atoms with Crippen LogP contribution in [-0.2, 0) is 16.6 Å². The minimum Gasteiger partial charge on any atom is -0.345 e. The Morgan fingerprint density at radius 1 is 1.21 bits per heavy atom. The molecule has 0 atom stereocenters. The molecule has 0 bridgehead atoms. The second-order valence-corrected chi connectivity index (χ2v) is 8.63. The molecule has 0 unspecified atom stereocenters. The molecule has 0 aliphatic heterocycles. The summed E-state index contributed by atoms with van der Waals surface area (Å²) in [5.41, 5.74) is 3.21. The average molecular weight is 456 g/mol. The lowest BCUT2D eigenvalue weighted by molar-refractivity contribution is -0.132. The number of halogens is 2. The minimum absolute atomic E-state index is 0.195. The highest BCUT2D eigenvalue weighted by Gasteiger charge is 2.52. The molecule has 0 radical (unpaired) electrons. The van der Waals surface area contributed by atoms with E-state index in [1.807, 2.05) is 42.3 Å². The minimum atomic E-state index is -0.350. The number of aromatic nitrogens is 2. The van der Waals surface area contributed by atoms with Gasteiger partial charge in [0, 0.05) is 29.3 Å². The molecule has 29 heavy (non-hydrogen) atoms. The summed E-state index contributed by atoms with van der Waals surface area (Å²) < 4.78 is 14.4. The second kappa shape index (κ2) is 8.11. The molecule has 1 N–H and O–H groups in total. The molecule has 1 aliphatic rings. The molecule has 0 spiro atoms. The van der Waals surface area contributed by atoms with Crippen molar-refractivity contribution >= 4 is 21.8 Å². The third-order valence-corrected chi connectivity index (χ3v) is 6.07. The molecule has 4 nitrogen and oxygen atoms in total. The van der Waals surface area contributed by atoms with Crippen molar-refractivity contribution in [3.63, 3.8) is 0 Å². The molecular weight excluding hydrogens is 433 g/mol. The number of H-pyrrole nitrogens is 1. The van der Waals surface area contributed by atoms with Crippen molar-refractivity contribution < 1.29 is 9.18 Å². The number of aromatic amines is 1. The first-order chi connectivity index (χ1) is 14.0. The maximum Gasteiger partial charge on any atom is 0.232 e. The summed E-state index contributed by atoms with van der Waals surface area (Å²) >= 11 is 3.50. The van der Waals surface area contributed by atoms with Crippen molar-refractivity contribution in [1.82, 2.24) is 15.1 Å². The van der Waals surface area contributed by atoms with E-state index in [-0.39, 0.29) is 17.1 Å². The van der Waals surface area contributed by atoms with Crippen LogP contribution in [0.1, 0.15) is 30.5 Å². The van der Waals surface area contributed by atoms with Gasteiger partial charge in [0.05, 0.1) is 11.1 Å². The van der Waals surface area contributed by atoms with Crippen LogP contribution in [-0.4, -0.2) is 34.6 Å². The lowest BCUT2D eigenvalue weighted by Crippen LogP contribution is -2.37. The zero-order chi connectivity index (χ0) is 20.4. The summed E-state index contributed by atoms with van der Waals surface area (Å²) in [5, 5.41) is 7.30. The molecule has 1 aromatic heterocycles. The lowest BCUT2D eigenvalue weighted by Gasteiger charge is -2.24. The van der Waals surface area contributed by atoms with Crippen LogP contribution in [0.2, 0.25) is 0 Å². The van der Waals surface area contributed by atoms with Crippen molar-refractivity contribution in [2.75, 3.05) is 13.6 Å². The molecule has 0 saturated heterocycles. The SMILES string of the molecule is CN(CCCc1cc(-c2cccc(F)c2)n[nH]1)C(=O)C1(c2cccc(Br)c2)CC1. The van der Waals surface area contributed by atoms with Crippen LogP contribution in [0.3, 0.4) is 0 Å². The first-order valence-electron chi connectivity index (χ1n) is 9.80. The van der Waals surface area contributed by atoms with E-state index in [2.05, 4.69) is 32.2 Å². The number of hydrogen-bond acceptors (Lipinski definition) is 2. The van der Waals surface area contributed by atoms with Crippen LogP contribution >= 0.6 is 15.9 Å². The van der Waals surface area contributed by atoms with E-state index in [9.17, 15) is 9.18 Å². The zero-order valence-corrected chi connectivity index (χ0v) is 17.9. The summed E-state index contributed by atoms with van der Waals surface area (Å²) in [6.45, 7) is 0.683. The standard InChI is InChI=1S/C23H23BrFN3O/c1-28(22(29)23(10-11-23)17-6-3-7-18(24)14-17)12-4-9-20-15-21(27-26-20)16-5-2-8-19(25)13-16/h2-3,5-8,13-15H,4,9-12H2,1H3,(H,26,27). The van der Waals surface area contributed by atoms with Crippen molar-refractivity contribution in [2.45, 2.75) is 31.1 Å². The number of carbonyl (C=O) groups excluding carboxylic acids is 1. The van der Waals surface area contributed by atoms with Gasteiger partial charge in [-0.1, -0.05) is 40.2 Å². The Morgan fingerprint density at radius 3 is 2.72 bits per heavy atom. The Morgan fingerprint density at radius 2 is 2.00 bits per heavy atom. The van der Waals surface area contributed by atoms with Gasteiger partial charge in [-0.15, -0.1) is 0 Å². The molecule has 150 valence electrons. The molecule has 6 heteroatoms. The van der Waals surface area contributed by atoms with E-state index >= 15 is 0 Å². The zero-order valence-electron chi connectivity index (χ0n) is 16.3. The normalized spacial score (nSPS) is 14.6. The summed E-state index contributed by atoms with van der Waals surface area (Å²) in [6.07, 6.45) is 3.43. The van der Waals surface area contributed by atoms with Crippen molar-refractivity contribution in [3.05, 3.63) is 76.1 Å². The number of carbonyl (C=O) groups is 1. The highest BCUT2D eigenvalue weighted by atomic mass is 79.9. The Balaban J connectivity index is 1.33. The number of amides is 1. The maximum absolute atomic E-state index is 13.4. The smallest absolute Gasteiger partial charge is 0.232 e. The van der Waals surface area contributed by atoms with Gasteiger partial charge in [0.25, 0.3) is 0 Å². The molecule has 4 rings (SSSR count). The van der Waals surface area contributed by atoms with Crippen molar-refractivity contribution in [3.8, 4) is 11.3 Å². The summed E-state index contributed by atoms with van der Waals surface area (Å²) in [6, 6.07) is 16.4. The van der Waals surface area contributed by atoms with E-state index in [1.165, 1.54) is 12.1 Å². The van der Waals surface area contributed by atoms with Gasteiger partial charge in [-0.2, -0.15) is 5.10 Å². The number of likely N-dealkylation sites (N-methyl/N-ethyl adjacent to an activating group) is 1. The highest BCUT2D eigenvalue weighted by molar-refractivity contribution is 9.10. The number of nitrogens with zero attached hydrogens (tertiary/aromatic N) is 2. The van der Waals surface area contributed by atoms with Crippen LogP contribution in [0.4, 0.5) is 4.39 Å². The quantitative estimate of drug-likeness (QED) is 0.538. The summed E-state index contributed by atoms with van der Waals surface area (Å²) in [5.74, 6) is -0.0766. The van der Waals surface area contributed by atoms with Crippen LogP contribution in [0.25, 0.3) is 11.3 Å². The molecule has 1 fully saturated rings. The van der Waals surface area contributed by atoms with Crippen LogP contribution in [0.5, 0.6) is 0 Å². The summed E-state index contributed by atoms with van der Waals surface area (Å²) in [7, 11) is 1.88.